The standard InChI is InChI=1S/C15H25NO/c1-4-13-7-5-6-8-14(13)10-16-15(11-17)9-12(2)3/h5-8,12,15-17H,4,9-11H2,1-3H3/t15-/m1/s1. The van der Waals surface area contributed by atoms with E-state index < -0.39 is 0 Å². The van der Waals surface area contributed by atoms with Gasteiger partial charge in [0.05, 0.1) is 6.61 Å². The SMILES string of the molecule is CCc1ccccc1CN[C@@H](CO)CC(C)C. The first kappa shape index (κ1) is 14.2. The summed E-state index contributed by atoms with van der Waals surface area (Å²) in [6.07, 6.45) is 2.08. The van der Waals surface area contributed by atoms with Crippen molar-refractivity contribution < 1.29 is 5.11 Å². The van der Waals surface area contributed by atoms with E-state index >= 15 is 0 Å². The van der Waals surface area contributed by atoms with Crippen LogP contribution in [0.4, 0.5) is 0 Å². The summed E-state index contributed by atoms with van der Waals surface area (Å²) in [6, 6.07) is 8.70. The summed E-state index contributed by atoms with van der Waals surface area (Å²) in [7, 11) is 0. The van der Waals surface area contributed by atoms with Crippen LogP contribution in [0.5, 0.6) is 0 Å². The second-order valence-corrected chi connectivity index (χ2v) is 5.01. The smallest absolute Gasteiger partial charge is 0.0584 e. The molecule has 0 fully saturated rings. The molecule has 0 amide bonds. The average molecular weight is 235 g/mol. The van der Waals surface area contributed by atoms with E-state index in [2.05, 4.69) is 50.4 Å². The Morgan fingerprint density at radius 1 is 1.18 bits per heavy atom. The van der Waals surface area contributed by atoms with E-state index in [0.29, 0.717) is 5.92 Å². The Kier molecular flexibility index (Phi) is 6.23. The lowest BCUT2D eigenvalue weighted by atomic mass is 10.0. The number of aliphatic hydroxyl groups is 1. The van der Waals surface area contributed by atoms with E-state index in [1.807, 2.05) is 0 Å². The van der Waals surface area contributed by atoms with Crippen LogP contribution in [0.3, 0.4) is 0 Å². The first-order valence-corrected chi connectivity index (χ1v) is 6.58. The molecule has 0 aromatic heterocycles. The monoisotopic (exact) mass is 235 g/mol. The highest BCUT2D eigenvalue weighted by atomic mass is 16.3. The highest BCUT2D eigenvalue weighted by Crippen LogP contribution is 2.10. The molecule has 2 heteroatoms. The van der Waals surface area contributed by atoms with Crippen LogP contribution >= 0.6 is 0 Å². The van der Waals surface area contributed by atoms with Crippen molar-refractivity contribution in [3.05, 3.63) is 35.4 Å². The van der Waals surface area contributed by atoms with Gasteiger partial charge < -0.3 is 10.4 Å². The molecule has 1 aromatic carbocycles. The molecule has 0 saturated carbocycles. The summed E-state index contributed by atoms with van der Waals surface area (Å²) in [5, 5.41) is 12.8. The second-order valence-electron chi connectivity index (χ2n) is 5.01. The zero-order valence-electron chi connectivity index (χ0n) is 11.2. The molecule has 0 aliphatic rings. The van der Waals surface area contributed by atoms with Crippen LogP contribution in [-0.4, -0.2) is 17.8 Å². The Morgan fingerprint density at radius 2 is 1.82 bits per heavy atom. The molecule has 0 spiro atoms. The van der Waals surface area contributed by atoms with Gasteiger partial charge in [-0.2, -0.15) is 0 Å². The molecule has 1 aromatic rings. The van der Waals surface area contributed by atoms with E-state index in [0.717, 1.165) is 19.4 Å². The molecule has 0 heterocycles. The van der Waals surface area contributed by atoms with Crippen LogP contribution in [0, 0.1) is 5.92 Å². The van der Waals surface area contributed by atoms with Gasteiger partial charge in [-0.25, -0.2) is 0 Å². The fraction of sp³-hybridized carbons (Fsp3) is 0.600. The predicted octanol–water partition coefficient (Wildman–Crippen LogP) is 2.75. The van der Waals surface area contributed by atoms with Gasteiger partial charge in [-0.15, -0.1) is 0 Å². The highest BCUT2D eigenvalue weighted by molar-refractivity contribution is 5.26. The van der Waals surface area contributed by atoms with Crippen molar-refractivity contribution >= 4 is 0 Å². The molecular formula is C15H25NO. The van der Waals surface area contributed by atoms with Gasteiger partial charge in [0.2, 0.25) is 0 Å². The average Bonchev–Trinajstić information content (AvgIpc) is 2.34. The van der Waals surface area contributed by atoms with Crippen molar-refractivity contribution in [2.24, 2.45) is 5.92 Å². The van der Waals surface area contributed by atoms with Gasteiger partial charge in [0.25, 0.3) is 0 Å². The second kappa shape index (κ2) is 7.46. The van der Waals surface area contributed by atoms with Crippen molar-refractivity contribution in [2.75, 3.05) is 6.61 Å². The zero-order chi connectivity index (χ0) is 12.7. The Morgan fingerprint density at radius 3 is 2.35 bits per heavy atom. The van der Waals surface area contributed by atoms with Crippen LogP contribution in [-0.2, 0) is 13.0 Å². The Bertz CT molecular complexity index is 322. The molecule has 0 aliphatic heterocycles. The molecule has 2 N–H and O–H groups in total. The summed E-state index contributed by atoms with van der Waals surface area (Å²) >= 11 is 0. The minimum absolute atomic E-state index is 0.208. The molecule has 2 nitrogen and oxygen atoms in total. The minimum atomic E-state index is 0.208. The van der Waals surface area contributed by atoms with E-state index in [-0.39, 0.29) is 12.6 Å². The molecule has 17 heavy (non-hydrogen) atoms. The Hall–Kier alpha value is -0.860. The first-order valence-electron chi connectivity index (χ1n) is 6.58. The molecule has 0 radical (unpaired) electrons. The van der Waals surface area contributed by atoms with Gasteiger partial charge >= 0.3 is 0 Å². The van der Waals surface area contributed by atoms with Crippen LogP contribution in [0.15, 0.2) is 24.3 Å². The third-order valence-electron chi connectivity index (χ3n) is 3.06. The molecule has 0 unspecified atom stereocenters. The van der Waals surface area contributed by atoms with Gasteiger partial charge in [-0.05, 0) is 29.9 Å². The number of aryl methyl sites for hydroxylation is 1. The quantitative estimate of drug-likeness (QED) is 0.761. The number of nitrogens with one attached hydrogen (secondary N) is 1. The van der Waals surface area contributed by atoms with Crippen LogP contribution in [0.1, 0.15) is 38.3 Å². The summed E-state index contributed by atoms with van der Waals surface area (Å²) in [5.74, 6) is 0.612. The predicted molar refractivity (Wildman–Crippen MR) is 73.0 cm³/mol. The Labute approximate surface area is 105 Å². The maximum atomic E-state index is 9.32. The molecule has 1 atom stereocenters. The van der Waals surface area contributed by atoms with Crippen LogP contribution in [0.2, 0.25) is 0 Å². The summed E-state index contributed by atoms with van der Waals surface area (Å²) < 4.78 is 0. The van der Waals surface area contributed by atoms with Crippen molar-refractivity contribution in [3.63, 3.8) is 0 Å². The topological polar surface area (TPSA) is 32.3 Å². The fourth-order valence-corrected chi connectivity index (χ4v) is 2.12. The molecular weight excluding hydrogens is 210 g/mol. The van der Waals surface area contributed by atoms with Crippen LogP contribution in [0.25, 0.3) is 0 Å². The van der Waals surface area contributed by atoms with E-state index in [1.54, 1.807) is 0 Å². The molecule has 96 valence electrons. The third kappa shape index (κ3) is 4.88. The van der Waals surface area contributed by atoms with Crippen molar-refractivity contribution in [2.45, 2.75) is 46.2 Å². The number of aliphatic hydroxyl groups excluding tert-OH is 1. The van der Waals surface area contributed by atoms with E-state index in [9.17, 15) is 5.11 Å². The van der Waals surface area contributed by atoms with Gasteiger partial charge in [0.15, 0.2) is 0 Å². The molecule has 0 bridgehead atoms. The zero-order valence-corrected chi connectivity index (χ0v) is 11.2. The van der Waals surface area contributed by atoms with Crippen molar-refractivity contribution in [3.8, 4) is 0 Å². The van der Waals surface area contributed by atoms with Gasteiger partial charge in [0.1, 0.15) is 0 Å². The Balaban J connectivity index is 2.53. The largest absolute Gasteiger partial charge is 0.395 e. The number of hydrogen-bond donors (Lipinski definition) is 2. The summed E-state index contributed by atoms with van der Waals surface area (Å²) in [4.78, 5) is 0. The van der Waals surface area contributed by atoms with E-state index in [1.165, 1.54) is 11.1 Å². The lowest BCUT2D eigenvalue weighted by Gasteiger charge is -2.19. The molecule has 0 saturated heterocycles. The number of rotatable bonds is 7. The van der Waals surface area contributed by atoms with Gasteiger partial charge in [-0.3, -0.25) is 0 Å². The lowest BCUT2D eigenvalue weighted by molar-refractivity contribution is 0.223. The van der Waals surface area contributed by atoms with Crippen molar-refractivity contribution in [1.82, 2.24) is 5.32 Å². The van der Waals surface area contributed by atoms with Gasteiger partial charge in [-0.1, -0.05) is 45.0 Å². The van der Waals surface area contributed by atoms with E-state index in [4.69, 9.17) is 0 Å². The maximum absolute atomic E-state index is 9.32. The van der Waals surface area contributed by atoms with Crippen LogP contribution < -0.4 is 5.32 Å². The lowest BCUT2D eigenvalue weighted by Crippen LogP contribution is -2.33. The number of hydrogen-bond acceptors (Lipinski definition) is 2. The maximum Gasteiger partial charge on any atom is 0.0584 e. The normalized spacial score (nSPS) is 13.0. The fourth-order valence-electron chi connectivity index (χ4n) is 2.12. The number of benzene rings is 1. The summed E-state index contributed by atoms with van der Waals surface area (Å²) in [6.45, 7) is 7.61. The summed E-state index contributed by atoms with van der Waals surface area (Å²) in [5.41, 5.74) is 2.73. The van der Waals surface area contributed by atoms with Gasteiger partial charge in [0, 0.05) is 12.6 Å². The molecule has 0 aliphatic carbocycles. The first-order chi connectivity index (χ1) is 8.17. The van der Waals surface area contributed by atoms with Crippen molar-refractivity contribution in [1.29, 1.82) is 0 Å². The molecule has 1 rings (SSSR count). The third-order valence-corrected chi connectivity index (χ3v) is 3.06. The minimum Gasteiger partial charge on any atom is -0.395 e. The highest BCUT2D eigenvalue weighted by Gasteiger charge is 2.09.